The van der Waals surface area contributed by atoms with Crippen molar-refractivity contribution in [1.29, 1.82) is 0 Å². The first-order valence-electron chi connectivity index (χ1n) is 8.23. The van der Waals surface area contributed by atoms with Crippen LogP contribution in [-0.4, -0.2) is 26.4 Å². The minimum absolute atomic E-state index is 0.0286. The number of likely N-dealkylation sites (tertiary alicyclic amines) is 1. The van der Waals surface area contributed by atoms with Crippen molar-refractivity contribution in [2.45, 2.75) is 30.7 Å². The zero-order valence-corrected chi connectivity index (χ0v) is 16.0. The van der Waals surface area contributed by atoms with Crippen molar-refractivity contribution in [3.63, 3.8) is 0 Å². The smallest absolute Gasteiger partial charge is 0.263 e. The Hall–Kier alpha value is -1.27. The minimum Gasteiger partial charge on any atom is -0.299 e. The van der Waals surface area contributed by atoms with Gasteiger partial charge in [0, 0.05) is 17.3 Å². The van der Waals surface area contributed by atoms with Gasteiger partial charge < -0.3 is 0 Å². The van der Waals surface area contributed by atoms with Crippen molar-refractivity contribution in [1.82, 2.24) is 4.90 Å². The third-order valence-electron chi connectivity index (χ3n) is 4.24. The van der Waals surface area contributed by atoms with E-state index in [0.717, 1.165) is 19.6 Å². The summed E-state index contributed by atoms with van der Waals surface area (Å²) in [7, 11) is -3.78. The van der Waals surface area contributed by atoms with Crippen LogP contribution < -0.4 is 4.72 Å². The number of piperidine rings is 1. The molecule has 0 spiro atoms. The number of benzene rings is 2. The first-order valence-corrected chi connectivity index (χ1v) is 10.5. The van der Waals surface area contributed by atoms with Crippen LogP contribution in [0.1, 0.15) is 24.8 Å². The SMILES string of the molecule is O=S(=O)(Nc1ccc(CN2CCCCC2)cc1)c1cc(Cl)ccc1Cl. The Bertz CT molecular complexity index is 833. The number of nitrogens with one attached hydrogen (secondary N) is 1. The predicted molar refractivity (Wildman–Crippen MR) is 103 cm³/mol. The summed E-state index contributed by atoms with van der Waals surface area (Å²) in [6, 6.07) is 11.8. The van der Waals surface area contributed by atoms with Crippen LogP contribution >= 0.6 is 23.2 Å². The maximum Gasteiger partial charge on any atom is 0.263 e. The molecule has 1 N–H and O–H groups in total. The molecule has 0 bridgehead atoms. The van der Waals surface area contributed by atoms with Crippen LogP contribution in [0.2, 0.25) is 10.0 Å². The number of anilines is 1. The fraction of sp³-hybridized carbons (Fsp3) is 0.333. The van der Waals surface area contributed by atoms with Crippen molar-refractivity contribution in [3.8, 4) is 0 Å². The van der Waals surface area contributed by atoms with E-state index in [9.17, 15) is 8.42 Å². The predicted octanol–water partition coefficient (Wildman–Crippen LogP) is 4.78. The van der Waals surface area contributed by atoms with Crippen LogP contribution in [0.25, 0.3) is 0 Å². The number of rotatable bonds is 5. The van der Waals surface area contributed by atoms with Crippen LogP contribution in [0.15, 0.2) is 47.4 Å². The lowest BCUT2D eigenvalue weighted by atomic mass is 10.1. The molecule has 1 saturated heterocycles. The standard InChI is InChI=1S/C18H20Cl2N2O2S/c19-15-6-9-17(20)18(12-15)25(23,24)21-16-7-4-14(5-8-16)13-22-10-2-1-3-11-22/h4-9,12,21H,1-3,10-11,13H2. The van der Waals surface area contributed by atoms with Gasteiger partial charge in [0.25, 0.3) is 10.0 Å². The molecule has 0 unspecified atom stereocenters. The Labute approximate surface area is 158 Å². The van der Waals surface area contributed by atoms with Gasteiger partial charge in [-0.25, -0.2) is 8.42 Å². The maximum atomic E-state index is 12.5. The van der Waals surface area contributed by atoms with Gasteiger partial charge >= 0.3 is 0 Å². The van der Waals surface area contributed by atoms with E-state index in [1.165, 1.54) is 37.0 Å². The van der Waals surface area contributed by atoms with Gasteiger partial charge in [0.2, 0.25) is 0 Å². The van der Waals surface area contributed by atoms with Gasteiger partial charge in [-0.2, -0.15) is 0 Å². The number of halogens is 2. The van der Waals surface area contributed by atoms with Gasteiger partial charge in [-0.3, -0.25) is 9.62 Å². The van der Waals surface area contributed by atoms with Crippen LogP contribution in [0, 0.1) is 0 Å². The minimum atomic E-state index is -3.78. The monoisotopic (exact) mass is 398 g/mol. The summed E-state index contributed by atoms with van der Waals surface area (Å²) in [4.78, 5) is 2.40. The fourth-order valence-electron chi connectivity index (χ4n) is 2.95. The van der Waals surface area contributed by atoms with E-state index >= 15 is 0 Å². The highest BCUT2D eigenvalue weighted by Gasteiger charge is 2.18. The first kappa shape index (κ1) is 18.5. The molecule has 134 valence electrons. The maximum absolute atomic E-state index is 12.5. The van der Waals surface area contributed by atoms with Crippen molar-refractivity contribution in [2.75, 3.05) is 17.8 Å². The highest BCUT2D eigenvalue weighted by Crippen LogP contribution is 2.27. The molecule has 3 rings (SSSR count). The number of sulfonamides is 1. The Kier molecular flexibility index (Phi) is 5.89. The van der Waals surface area contributed by atoms with Gasteiger partial charge in [-0.05, 0) is 61.8 Å². The summed E-state index contributed by atoms with van der Waals surface area (Å²) < 4.78 is 27.6. The Morgan fingerprint density at radius 1 is 0.960 bits per heavy atom. The third-order valence-corrected chi connectivity index (χ3v) is 6.34. The summed E-state index contributed by atoms with van der Waals surface area (Å²) in [5.74, 6) is 0. The van der Waals surface area contributed by atoms with Crippen LogP contribution in [0.3, 0.4) is 0 Å². The lowest BCUT2D eigenvalue weighted by molar-refractivity contribution is 0.221. The van der Waals surface area contributed by atoms with E-state index in [-0.39, 0.29) is 9.92 Å². The average molecular weight is 399 g/mol. The summed E-state index contributed by atoms with van der Waals surface area (Å²) in [5, 5.41) is 0.459. The van der Waals surface area contributed by atoms with Crippen molar-refractivity contribution in [3.05, 3.63) is 58.1 Å². The zero-order chi connectivity index (χ0) is 17.9. The Morgan fingerprint density at radius 3 is 2.32 bits per heavy atom. The Morgan fingerprint density at radius 2 is 1.64 bits per heavy atom. The topological polar surface area (TPSA) is 49.4 Å². The summed E-state index contributed by atoms with van der Waals surface area (Å²) >= 11 is 11.9. The van der Waals surface area contributed by atoms with Gasteiger partial charge in [-0.1, -0.05) is 41.8 Å². The van der Waals surface area contributed by atoms with Crippen LogP contribution in [0.4, 0.5) is 5.69 Å². The molecule has 2 aromatic carbocycles. The molecule has 0 radical (unpaired) electrons. The van der Waals surface area contributed by atoms with E-state index < -0.39 is 10.0 Å². The van der Waals surface area contributed by atoms with Gasteiger partial charge in [0.15, 0.2) is 0 Å². The number of nitrogens with zero attached hydrogens (tertiary/aromatic N) is 1. The molecule has 1 heterocycles. The normalized spacial score (nSPS) is 15.9. The second-order valence-corrected chi connectivity index (χ2v) is 8.71. The molecule has 1 fully saturated rings. The molecule has 0 atom stereocenters. The fourth-order valence-corrected chi connectivity index (χ4v) is 4.77. The quantitative estimate of drug-likeness (QED) is 0.787. The average Bonchev–Trinajstić information content (AvgIpc) is 2.59. The number of hydrogen-bond donors (Lipinski definition) is 1. The molecule has 0 aliphatic carbocycles. The third kappa shape index (κ3) is 4.88. The second-order valence-electron chi connectivity index (χ2n) is 6.21. The van der Waals surface area contributed by atoms with Gasteiger partial charge in [-0.15, -0.1) is 0 Å². The van der Waals surface area contributed by atoms with Crippen LogP contribution in [-0.2, 0) is 16.6 Å². The molecule has 0 amide bonds. The van der Waals surface area contributed by atoms with Gasteiger partial charge in [0.1, 0.15) is 4.90 Å². The highest BCUT2D eigenvalue weighted by atomic mass is 35.5. The molecular formula is C18H20Cl2N2O2S. The summed E-state index contributed by atoms with van der Waals surface area (Å²) in [5.41, 5.74) is 1.67. The van der Waals surface area contributed by atoms with Crippen LogP contribution in [0.5, 0.6) is 0 Å². The van der Waals surface area contributed by atoms with E-state index in [1.54, 1.807) is 18.2 Å². The second kappa shape index (κ2) is 7.96. The molecule has 1 aliphatic rings. The first-order chi connectivity index (χ1) is 11.9. The molecular weight excluding hydrogens is 379 g/mol. The molecule has 0 saturated carbocycles. The summed E-state index contributed by atoms with van der Waals surface area (Å²) in [6.07, 6.45) is 3.81. The van der Waals surface area contributed by atoms with E-state index in [4.69, 9.17) is 23.2 Å². The zero-order valence-electron chi connectivity index (χ0n) is 13.7. The molecule has 4 nitrogen and oxygen atoms in total. The molecule has 25 heavy (non-hydrogen) atoms. The lowest BCUT2D eigenvalue weighted by Crippen LogP contribution is -2.29. The van der Waals surface area contributed by atoms with Crippen molar-refractivity contribution >= 4 is 38.9 Å². The highest BCUT2D eigenvalue weighted by molar-refractivity contribution is 7.92. The van der Waals surface area contributed by atoms with E-state index in [2.05, 4.69) is 9.62 Å². The lowest BCUT2D eigenvalue weighted by Gasteiger charge is -2.26. The molecule has 2 aromatic rings. The van der Waals surface area contributed by atoms with E-state index in [1.807, 2.05) is 12.1 Å². The largest absolute Gasteiger partial charge is 0.299 e. The number of hydrogen-bond acceptors (Lipinski definition) is 3. The van der Waals surface area contributed by atoms with Crippen molar-refractivity contribution in [2.24, 2.45) is 0 Å². The van der Waals surface area contributed by atoms with Crippen molar-refractivity contribution < 1.29 is 8.42 Å². The molecule has 1 aliphatic heterocycles. The molecule has 0 aromatic heterocycles. The summed E-state index contributed by atoms with van der Waals surface area (Å²) in [6.45, 7) is 3.15. The Balaban J connectivity index is 1.71. The molecule has 7 heteroatoms. The van der Waals surface area contributed by atoms with E-state index in [0.29, 0.717) is 10.7 Å². The van der Waals surface area contributed by atoms with Gasteiger partial charge in [0.05, 0.1) is 5.02 Å².